The molecule has 4 aromatic rings. The molecule has 0 unspecified atom stereocenters. The van der Waals surface area contributed by atoms with Gasteiger partial charge in [-0.3, -0.25) is 14.4 Å². The predicted molar refractivity (Wildman–Crippen MR) is 141 cm³/mol. The highest BCUT2D eigenvalue weighted by Gasteiger charge is 2.23. The fourth-order valence-electron chi connectivity index (χ4n) is 3.42. The normalized spacial score (nSPS) is 10.6. The fourth-order valence-corrected chi connectivity index (χ4v) is 4.14. The van der Waals surface area contributed by atoms with Gasteiger partial charge in [-0.15, -0.1) is 0 Å². The largest absolute Gasteiger partial charge is 0.289 e. The van der Waals surface area contributed by atoms with Gasteiger partial charge < -0.3 is 0 Å². The van der Waals surface area contributed by atoms with Gasteiger partial charge in [-0.2, -0.15) is 0 Å². The molecule has 0 fully saturated rings. The first-order valence-electron chi connectivity index (χ1n) is 9.79. The van der Waals surface area contributed by atoms with Gasteiger partial charge in [-0.1, -0.05) is 48.5 Å². The molecule has 0 spiro atoms. The highest BCUT2D eigenvalue weighted by molar-refractivity contribution is 14.1. The molecule has 0 aliphatic heterocycles. The Kier molecular flexibility index (Phi) is 6.95. The summed E-state index contributed by atoms with van der Waals surface area (Å²) in [5.74, 6) is -0.812. The predicted octanol–water partition coefficient (Wildman–Crippen LogP) is 6.59. The molecule has 0 saturated carbocycles. The topological polar surface area (TPSA) is 51.2 Å². The second-order valence-corrected chi connectivity index (χ2v) is 9.58. The molecular weight excluding hydrogens is 626 g/mol. The Morgan fingerprint density at radius 2 is 0.688 bits per heavy atom. The van der Waals surface area contributed by atoms with Gasteiger partial charge >= 0.3 is 0 Å². The average molecular weight is 642 g/mol. The van der Waals surface area contributed by atoms with Crippen molar-refractivity contribution in [1.82, 2.24) is 0 Å². The highest BCUT2D eigenvalue weighted by atomic mass is 127. The van der Waals surface area contributed by atoms with E-state index in [9.17, 15) is 14.4 Å². The van der Waals surface area contributed by atoms with Gasteiger partial charge in [-0.25, -0.2) is 0 Å². The molecule has 0 aliphatic carbocycles. The van der Waals surface area contributed by atoms with Crippen molar-refractivity contribution in [1.29, 1.82) is 0 Å². The Balaban J connectivity index is 1.75. The molecule has 0 heterocycles. The van der Waals surface area contributed by atoms with Crippen LogP contribution in [0.25, 0.3) is 0 Å². The van der Waals surface area contributed by atoms with Gasteiger partial charge in [0, 0.05) is 40.5 Å². The van der Waals surface area contributed by atoms with E-state index in [0.29, 0.717) is 22.3 Å². The number of rotatable bonds is 6. The molecule has 32 heavy (non-hydrogen) atoms. The van der Waals surface area contributed by atoms with Gasteiger partial charge in [-0.05, 0) is 93.7 Å². The van der Waals surface area contributed by atoms with Crippen molar-refractivity contribution in [2.45, 2.75) is 0 Å². The molecule has 4 aromatic carbocycles. The van der Waals surface area contributed by atoms with Crippen LogP contribution in [-0.2, 0) is 0 Å². The van der Waals surface area contributed by atoms with E-state index in [-0.39, 0.29) is 28.5 Å². The van der Waals surface area contributed by atoms with E-state index in [1.165, 1.54) is 0 Å². The standard InChI is InChI=1S/C27H16I2O3/c28-19-13-9-17(10-14-19)25(30)21-5-1-3-7-23(21)27(32)24-8-4-2-6-22(24)26(31)18-11-15-20(29)16-12-18/h1-16H. The van der Waals surface area contributed by atoms with Crippen LogP contribution in [0.1, 0.15) is 47.8 Å². The van der Waals surface area contributed by atoms with Crippen molar-refractivity contribution in [3.8, 4) is 0 Å². The van der Waals surface area contributed by atoms with Gasteiger partial charge in [0.15, 0.2) is 17.3 Å². The SMILES string of the molecule is O=C(c1ccc(I)cc1)c1ccccc1C(=O)c1ccccc1C(=O)c1ccc(I)cc1. The van der Waals surface area contributed by atoms with Crippen molar-refractivity contribution in [3.63, 3.8) is 0 Å². The summed E-state index contributed by atoms with van der Waals surface area (Å²) in [5, 5.41) is 0. The van der Waals surface area contributed by atoms with Gasteiger partial charge in [0.05, 0.1) is 0 Å². The van der Waals surface area contributed by atoms with Gasteiger partial charge in [0.25, 0.3) is 0 Å². The van der Waals surface area contributed by atoms with Crippen LogP contribution in [0.5, 0.6) is 0 Å². The van der Waals surface area contributed by atoms with Crippen LogP contribution >= 0.6 is 45.2 Å². The van der Waals surface area contributed by atoms with E-state index >= 15 is 0 Å². The van der Waals surface area contributed by atoms with E-state index < -0.39 is 0 Å². The maximum atomic E-state index is 13.6. The van der Waals surface area contributed by atoms with Gasteiger partial charge in [0.1, 0.15) is 0 Å². The summed E-state index contributed by atoms with van der Waals surface area (Å²) in [6, 6.07) is 27.9. The number of hydrogen-bond donors (Lipinski definition) is 0. The molecule has 0 radical (unpaired) electrons. The Morgan fingerprint density at radius 3 is 1.00 bits per heavy atom. The number of benzene rings is 4. The number of halogens is 2. The summed E-state index contributed by atoms with van der Waals surface area (Å²) in [6.45, 7) is 0. The summed E-state index contributed by atoms with van der Waals surface area (Å²) in [4.78, 5) is 39.9. The molecule has 0 aromatic heterocycles. The Morgan fingerprint density at radius 1 is 0.406 bits per heavy atom. The van der Waals surface area contributed by atoms with Crippen LogP contribution in [-0.4, -0.2) is 17.3 Å². The average Bonchev–Trinajstić information content (AvgIpc) is 2.83. The van der Waals surface area contributed by atoms with Crippen LogP contribution in [0.4, 0.5) is 0 Å². The molecular formula is C27H16I2O3. The number of ketones is 3. The maximum absolute atomic E-state index is 13.6. The van der Waals surface area contributed by atoms with Gasteiger partial charge in [0.2, 0.25) is 0 Å². The lowest BCUT2D eigenvalue weighted by Gasteiger charge is -2.11. The summed E-state index contributed by atoms with van der Waals surface area (Å²) < 4.78 is 2.04. The summed E-state index contributed by atoms with van der Waals surface area (Å²) in [7, 11) is 0. The third-order valence-corrected chi connectivity index (χ3v) is 6.48. The smallest absolute Gasteiger partial charge is 0.194 e. The first kappa shape index (κ1) is 22.5. The molecule has 0 N–H and O–H groups in total. The number of carbonyl (C=O) groups excluding carboxylic acids is 3. The third-order valence-electron chi connectivity index (χ3n) is 5.05. The minimum atomic E-state index is -0.353. The molecule has 4 rings (SSSR count). The first-order valence-corrected chi connectivity index (χ1v) is 11.9. The quantitative estimate of drug-likeness (QED) is 0.176. The molecule has 3 nitrogen and oxygen atoms in total. The lowest BCUT2D eigenvalue weighted by atomic mass is 9.89. The third kappa shape index (κ3) is 4.73. The van der Waals surface area contributed by atoms with Crippen molar-refractivity contribution >= 4 is 62.5 Å². The molecule has 5 heteroatoms. The Bertz CT molecular complexity index is 1220. The van der Waals surface area contributed by atoms with Crippen molar-refractivity contribution in [2.75, 3.05) is 0 Å². The number of hydrogen-bond acceptors (Lipinski definition) is 3. The fraction of sp³-hybridized carbons (Fsp3) is 0. The molecule has 0 aliphatic rings. The second kappa shape index (κ2) is 9.87. The lowest BCUT2D eigenvalue weighted by molar-refractivity contribution is 0.0994. The molecule has 0 bridgehead atoms. The van der Waals surface area contributed by atoms with E-state index in [4.69, 9.17) is 0 Å². The van der Waals surface area contributed by atoms with E-state index in [0.717, 1.165) is 7.14 Å². The van der Waals surface area contributed by atoms with Crippen LogP contribution in [0.2, 0.25) is 0 Å². The number of carbonyl (C=O) groups is 3. The van der Waals surface area contributed by atoms with E-state index in [1.54, 1.807) is 72.8 Å². The molecule has 0 amide bonds. The zero-order valence-corrected chi connectivity index (χ0v) is 21.0. The van der Waals surface area contributed by atoms with Crippen molar-refractivity contribution in [2.24, 2.45) is 0 Å². The lowest BCUT2D eigenvalue weighted by Crippen LogP contribution is -2.15. The first-order chi connectivity index (χ1) is 15.5. The van der Waals surface area contributed by atoms with Crippen LogP contribution in [0, 0.1) is 7.14 Å². The monoisotopic (exact) mass is 642 g/mol. The Hall–Kier alpha value is -2.65. The van der Waals surface area contributed by atoms with Crippen LogP contribution < -0.4 is 0 Å². The summed E-state index contributed by atoms with van der Waals surface area (Å²) in [6.07, 6.45) is 0. The molecule has 156 valence electrons. The molecule has 0 atom stereocenters. The van der Waals surface area contributed by atoms with Crippen molar-refractivity contribution < 1.29 is 14.4 Å². The Labute approximate surface area is 213 Å². The minimum absolute atomic E-state index is 0.230. The highest BCUT2D eigenvalue weighted by Crippen LogP contribution is 2.23. The summed E-state index contributed by atoms with van der Waals surface area (Å²) >= 11 is 4.36. The van der Waals surface area contributed by atoms with E-state index in [2.05, 4.69) is 45.2 Å². The van der Waals surface area contributed by atoms with E-state index in [1.807, 2.05) is 24.3 Å². The van der Waals surface area contributed by atoms with Crippen LogP contribution in [0.3, 0.4) is 0 Å². The second-order valence-electron chi connectivity index (χ2n) is 7.09. The zero-order valence-electron chi connectivity index (χ0n) is 16.7. The van der Waals surface area contributed by atoms with Crippen LogP contribution in [0.15, 0.2) is 97.1 Å². The summed E-state index contributed by atoms with van der Waals surface area (Å²) in [5.41, 5.74) is 2.20. The zero-order chi connectivity index (χ0) is 22.7. The minimum Gasteiger partial charge on any atom is -0.289 e. The van der Waals surface area contributed by atoms with Crippen molar-refractivity contribution in [3.05, 3.63) is 138 Å². The molecule has 0 saturated heterocycles. The maximum Gasteiger partial charge on any atom is 0.194 e.